The maximum Gasteiger partial charge on any atom is 0.167 e. The molecule has 4 N–H and O–H groups in total. The fourth-order valence-corrected chi connectivity index (χ4v) is 8.26. The molecule has 0 radical (unpaired) electrons. The third-order valence-electron chi connectivity index (χ3n) is 11.0. The fourth-order valence-electron chi connectivity index (χ4n) is 8.26. The summed E-state index contributed by atoms with van der Waals surface area (Å²) in [5, 5.41) is 23.2. The van der Waals surface area contributed by atoms with Crippen LogP contribution >= 0.6 is 0 Å². The molecule has 0 spiro atoms. The number of aryl methyl sites for hydroxylation is 1. The Balaban J connectivity index is 0.000000170. The average Bonchev–Trinajstić information content (AvgIpc) is 4.17. The summed E-state index contributed by atoms with van der Waals surface area (Å²) in [6.07, 6.45) is 5.56. The lowest BCUT2D eigenvalue weighted by Gasteiger charge is -2.24. The second kappa shape index (κ2) is 19.7. The van der Waals surface area contributed by atoms with Crippen molar-refractivity contribution < 1.29 is 48.3 Å². The molecule has 6 aromatic rings. The molecule has 23 nitrogen and oxygen atoms in total. The highest BCUT2D eigenvalue weighted by Crippen LogP contribution is 2.45. The second-order valence-corrected chi connectivity index (χ2v) is 16.6. The number of anilines is 1. The maximum absolute atomic E-state index is 8.63. The van der Waals surface area contributed by atoms with E-state index in [-0.39, 0.29) is 56.9 Å². The van der Waals surface area contributed by atoms with Crippen molar-refractivity contribution in [2.75, 3.05) is 32.2 Å². The van der Waals surface area contributed by atoms with Gasteiger partial charge in [-0.25, -0.2) is 39.9 Å². The summed E-state index contributed by atoms with van der Waals surface area (Å²) in [5.41, 5.74) is 11.3. The van der Waals surface area contributed by atoms with Crippen molar-refractivity contribution in [3.05, 3.63) is 90.2 Å². The number of nitrogens with two attached hydrogens (primary N) is 1. The Morgan fingerprint density at radius 2 is 1.13 bits per heavy atom. The number of imidazole rings is 2. The van der Waals surface area contributed by atoms with Gasteiger partial charge in [-0.1, -0.05) is 34.3 Å². The highest BCUT2D eigenvalue weighted by atomic mass is 16.8. The molecule has 0 aliphatic carbocycles. The smallest absolute Gasteiger partial charge is 0.167 e. The van der Waals surface area contributed by atoms with Gasteiger partial charge < -0.3 is 54.0 Å². The molecule has 10 rings (SSSR count). The van der Waals surface area contributed by atoms with Gasteiger partial charge in [0.05, 0.1) is 55.4 Å². The largest absolute Gasteiger partial charge is 0.411 e. The van der Waals surface area contributed by atoms with Gasteiger partial charge in [0.1, 0.15) is 84.9 Å². The van der Waals surface area contributed by atoms with Crippen molar-refractivity contribution in [3.63, 3.8) is 0 Å². The molecule has 0 aromatic carbocycles. The first-order valence-corrected chi connectivity index (χ1v) is 21.4. The summed E-state index contributed by atoms with van der Waals surface area (Å²) in [4.78, 5) is 34.2. The van der Waals surface area contributed by atoms with Gasteiger partial charge in [-0.05, 0) is 70.7 Å². The molecular formula is C45H47N13O10. The van der Waals surface area contributed by atoms with E-state index in [0.717, 1.165) is 11.2 Å². The van der Waals surface area contributed by atoms with Crippen LogP contribution in [0.2, 0.25) is 0 Å². The SMILES string of the molecule is CC1(C)O[C@@H]2[C@H](O1)[C@@H](COCC#Cc1cccc(/C=N\O)n1)O[C@H]2n1cnc2c(N)ncnc21.Cc1ncnc2c1ncn2[C@@H]1O[C@H](COCC#Cc2cccc(/C=N\O)n2)[C@H]2OC(C)(C)O[C@H]21. The Labute approximate surface area is 388 Å². The highest BCUT2D eigenvalue weighted by Gasteiger charge is 2.57. The normalized spacial score (nSPS) is 25.5. The molecule has 352 valence electrons. The van der Waals surface area contributed by atoms with Crippen LogP contribution in [0.25, 0.3) is 22.3 Å². The van der Waals surface area contributed by atoms with Gasteiger partial charge in [0.15, 0.2) is 41.1 Å². The molecule has 4 aliphatic rings. The highest BCUT2D eigenvalue weighted by molar-refractivity contribution is 5.81. The zero-order valence-electron chi connectivity index (χ0n) is 37.5. The number of hydrogen-bond donors (Lipinski definition) is 3. The first-order chi connectivity index (χ1) is 32.9. The van der Waals surface area contributed by atoms with Crippen LogP contribution in [-0.2, 0) is 37.9 Å². The topological polar surface area (TPSA) is 278 Å². The molecule has 10 heterocycles. The third-order valence-corrected chi connectivity index (χ3v) is 11.0. The van der Waals surface area contributed by atoms with E-state index in [2.05, 4.69) is 73.9 Å². The van der Waals surface area contributed by atoms with Crippen LogP contribution in [0.5, 0.6) is 0 Å². The van der Waals surface area contributed by atoms with E-state index in [4.69, 9.17) is 54.0 Å². The Morgan fingerprint density at radius 1 is 0.662 bits per heavy atom. The van der Waals surface area contributed by atoms with Gasteiger partial charge in [-0.15, -0.1) is 0 Å². The Bertz CT molecular complexity index is 2760. The minimum absolute atomic E-state index is 0.171. The maximum atomic E-state index is 8.63. The lowest BCUT2D eigenvalue weighted by atomic mass is 10.1. The second-order valence-electron chi connectivity index (χ2n) is 16.6. The summed E-state index contributed by atoms with van der Waals surface area (Å²) in [5.74, 6) is 10.5. The van der Waals surface area contributed by atoms with Gasteiger partial charge in [0.25, 0.3) is 0 Å². The van der Waals surface area contributed by atoms with Gasteiger partial charge in [-0.3, -0.25) is 9.13 Å². The summed E-state index contributed by atoms with van der Waals surface area (Å²) in [7, 11) is 0. The zero-order chi connectivity index (χ0) is 47.4. The van der Waals surface area contributed by atoms with Crippen molar-refractivity contribution in [2.45, 2.75) is 95.3 Å². The third kappa shape index (κ3) is 9.96. The van der Waals surface area contributed by atoms with Crippen molar-refractivity contribution in [2.24, 2.45) is 10.3 Å². The summed E-state index contributed by atoms with van der Waals surface area (Å²) < 4.78 is 52.4. The molecule has 0 saturated carbocycles. The number of hydrogen-bond acceptors (Lipinski definition) is 21. The van der Waals surface area contributed by atoms with E-state index in [1.807, 2.05) is 39.2 Å². The summed E-state index contributed by atoms with van der Waals surface area (Å²) in [6, 6.07) is 10.5. The van der Waals surface area contributed by atoms with Gasteiger partial charge >= 0.3 is 0 Å². The van der Waals surface area contributed by atoms with Crippen LogP contribution in [0, 0.1) is 30.6 Å². The predicted molar refractivity (Wildman–Crippen MR) is 238 cm³/mol. The van der Waals surface area contributed by atoms with E-state index >= 15 is 0 Å². The van der Waals surface area contributed by atoms with Gasteiger partial charge in [0, 0.05) is 0 Å². The number of oxime groups is 2. The molecule has 0 amide bonds. The van der Waals surface area contributed by atoms with Crippen LogP contribution in [-0.4, -0.2) is 146 Å². The number of pyridine rings is 2. The van der Waals surface area contributed by atoms with Crippen LogP contribution in [0.1, 0.15) is 68.6 Å². The minimum atomic E-state index is -0.769. The molecule has 68 heavy (non-hydrogen) atoms. The molecule has 6 aromatic heterocycles. The van der Waals surface area contributed by atoms with Crippen LogP contribution in [0.15, 0.2) is 72.0 Å². The molecule has 23 heteroatoms. The number of ether oxygens (including phenoxy) is 8. The first-order valence-electron chi connectivity index (χ1n) is 21.4. The standard InChI is InChI=1S/C23H24N6O5.C22H23N7O5/c1-14-18-21(25-12-24-14)29(13-26-18)22-20-19(33-23(2,3)34-20)17(32-22)11-31-9-5-8-15-6-4-7-16(28-15)10-27-30;1-22(2)33-17-15(10-31-8-4-7-13-5-3-6-14(28-13)9-27-30)32-21(18(17)34-22)29-12-26-16-19(23)24-11-25-20(16)29/h4,6-7,10,12-13,17,19-20,22,30H,9,11H2,1-3H3;3,5-6,9,11-12,15,17-18,21,30H,8,10H2,1-2H3,(H2,23,24,25)/b27-10-;27-9-/t17-,19-,20-,22-;15-,17-,18-,21-/m11/s1. The number of rotatable bonds is 10. The number of aromatic nitrogens is 10. The van der Waals surface area contributed by atoms with E-state index < -0.39 is 30.1 Å². The Hall–Kier alpha value is -7.06. The Kier molecular flexibility index (Phi) is 13.3. The first kappa shape index (κ1) is 46.1. The van der Waals surface area contributed by atoms with E-state index in [9.17, 15) is 0 Å². The van der Waals surface area contributed by atoms with Crippen LogP contribution in [0.3, 0.4) is 0 Å². The number of nitrogens with zero attached hydrogens (tertiary/aromatic N) is 12. The lowest BCUT2D eigenvalue weighted by Crippen LogP contribution is -2.33. The van der Waals surface area contributed by atoms with Crippen molar-refractivity contribution in [1.29, 1.82) is 0 Å². The van der Waals surface area contributed by atoms with Gasteiger partial charge in [0.2, 0.25) is 0 Å². The lowest BCUT2D eigenvalue weighted by molar-refractivity contribution is -0.201. The van der Waals surface area contributed by atoms with Crippen molar-refractivity contribution in [1.82, 2.24) is 49.0 Å². The molecular weight excluding hydrogens is 883 g/mol. The van der Waals surface area contributed by atoms with Crippen molar-refractivity contribution >= 4 is 40.6 Å². The molecule has 4 aliphatic heterocycles. The quantitative estimate of drug-likeness (QED) is 0.0585. The molecule has 0 unspecified atom stereocenters. The van der Waals surface area contributed by atoms with Crippen molar-refractivity contribution in [3.8, 4) is 23.7 Å². The minimum Gasteiger partial charge on any atom is -0.411 e. The molecule has 4 fully saturated rings. The zero-order valence-corrected chi connectivity index (χ0v) is 37.5. The van der Waals surface area contributed by atoms with Crippen LogP contribution < -0.4 is 5.73 Å². The van der Waals surface area contributed by atoms with E-state index in [1.165, 1.54) is 25.1 Å². The average molecular weight is 930 g/mol. The monoisotopic (exact) mass is 929 g/mol. The molecule has 4 saturated heterocycles. The van der Waals surface area contributed by atoms with Crippen LogP contribution in [0.4, 0.5) is 5.82 Å². The Morgan fingerprint density at radius 3 is 1.65 bits per heavy atom. The van der Waals surface area contributed by atoms with E-state index in [0.29, 0.717) is 45.4 Å². The van der Waals surface area contributed by atoms with E-state index in [1.54, 1.807) is 53.6 Å². The summed E-state index contributed by atoms with van der Waals surface area (Å²) >= 11 is 0. The molecule has 8 atom stereocenters. The fraction of sp³-hybridized carbons (Fsp3) is 0.422. The van der Waals surface area contributed by atoms with Gasteiger partial charge in [-0.2, -0.15) is 0 Å². The number of fused-ring (bicyclic) bond motifs is 4. The predicted octanol–water partition coefficient (Wildman–Crippen LogP) is 2.92. The number of nitrogen functional groups attached to an aromatic ring is 1. The molecule has 0 bridgehead atoms. The summed E-state index contributed by atoms with van der Waals surface area (Å²) in [6.45, 7) is 10.3.